The molecule has 1 aliphatic rings. The van der Waals surface area contributed by atoms with Gasteiger partial charge in [-0.2, -0.15) is 0 Å². The highest BCUT2D eigenvalue weighted by atomic mass is 32.2. The minimum Gasteiger partial charge on any atom is -0.456 e. The van der Waals surface area contributed by atoms with Gasteiger partial charge < -0.3 is 9.32 Å². The smallest absolute Gasteiger partial charge is 0.143 e. The summed E-state index contributed by atoms with van der Waals surface area (Å²) >= 11 is 1.83. The van der Waals surface area contributed by atoms with E-state index in [1.807, 2.05) is 18.7 Å². The van der Waals surface area contributed by atoms with Crippen LogP contribution in [0.15, 0.2) is 105 Å². The van der Waals surface area contributed by atoms with Gasteiger partial charge in [-0.15, -0.1) is 0 Å². The molecule has 6 rings (SSSR count). The number of para-hydroxylation sites is 3. The van der Waals surface area contributed by atoms with E-state index in [2.05, 4.69) is 115 Å². The van der Waals surface area contributed by atoms with E-state index >= 15 is 0 Å². The Balaban J connectivity index is 1.48. The Bertz CT molecular complexity index is 1580. The molecule has 1 aromatic heterocycles. The molecule has 0 bridgehead atoms. The minimum absolute atomic E-state index is 0.944. The van der Waals surface area contributed by atoms with Crippen molar-refractivity contribution in [1.82, 2.24) is 0 Å². The summed E-state index contributed by atoms with van der Waals surface area (Å²) in [6, 6.07) is 32.5. The first kappa shape index (κ1) is 20.9. The molecule has 34 heavy (non-hydrogen) atoms. The fourth-order valence-corrected chi connectivity index (χ4v) is 5.84. The number of nitrogens with zero attached hydrogens (tertiary/aromatic N) is 1. The highest BCUT2D eigenvalue weighted by Crippen LogP contribution is 2.51. The number of hydrogen-bond donors (Lipinski definition) is 0. The fourth-order valence-electron chi connectivity index (χ4n) is 4.79. The van der Waals surface area contributed by atoms with Crippen molar-refractivity contribution < 1.29 is 4.42 Å². The van der Waals surface area contributed by atoms with E-state index in [1.165, 1.54) is 31.8 Å². The summed E-state index contributed by atoms with van der Waals surface area (Å²) in [6.07, 6.45) is 5.28. The molecule has 0 unspecified atom stereocenters. The number of benzene rings is 4. The molecule has 1 aliphatic heterocycles. The highest BCUT2D eigenvalue weighted by molar-refractivity contribution is 7.99. The first-order valence-corrected chi connectivity index (χ1v) is 12.5. The molecule has 0 spiro atoms. The monoisotopic (exact) mass is 459 g/mol. The molecule has 166 valence electrons. The van der Waals surface area contributed by atoms with Gasteiger partial charge in [-0.3, -0.25) is 0 Å². The molecule has 0 aliphatic carbocycles. The normalized spacial score (nSPS) is 13.9. The molecule has 0 saturated carbocycles. The molecule has 2 heterocycles. The van der Waals surface area contributed by atoms with Gasteiger partial charge in [-0.25, -0.2) is 0 Å². The molecule has 4 aromatic carbocycles. The van der Waals surface area contributed by atoms with Crippen molar-refractivity contribution in [2.75, 3.05) is 4.90 Å². The molecule has 0 radical (unpaired) electrons. The van der Waals surface area contributed by atoms with Crippen LogP contribution in [0.25, 0.3) is 34.2 Å². The zero-order valence-corrected chi connectivity index (χ0v) is 20.1. The van der Waals surface area contributed by atoms with Crippen molar-refractivity contribution in [1.29, 1.82) is 0 Å². The van der Waals surface area contributed by atoms with Crippen molar-refractivity contribution in [3.8, 4) is 11.1 Å². The molecule has 0 N–H and O–H groups in total. The lowest BCUT2D eigenvalue weighted by atomic mass is 10.0. The number of rotatable bonds is 3. The highest BCUT2D eigenvalue weighted by Gasteiger charge is 2.24. The topological polar surface area (TPSA) is 16.4 Å². The standard InChI is InChI=1S/C31H25NOS/c1-3-10-24-25-12-9-11-23(31(25)33-28(24)4-2)21-17-19-22(20-18-21)32-26-13-5-7-15-29(26)34-30-16-8-6-14-27(30)32/h4-20H,3H2,1-2H3/b24-10-,28-4+. The molecule has 3 heteroatoms. The van der Waals surface area contributed by atoms with Gasteiger partial charge in [0, 0.05) is 31.6 Å². The maximum atomic E-state index is 6.33. The summed E-state index contributed by atoms with van der Waals surface area (Å²) in [6.45, 7) is 4.20. The molecule has 0 amide bonds. The zero-order chi connectivity index (χ0) is 23.1. The predicted molar refractivity (Wildman–Crippen MR) is 145 cm³/mol. The first-order chi connectivity index (χ1) is 16.8. The van der Waals surface area contributed by atoms with Crippen molar-refractivity contribution in [3.05, 3.63) is 102 Å². The third kappa shape index (κ3) is 3.36. The SMILES string of the molecule is C/C=c1/oc2c(-c3ccc(N4c5ccccc5Sc5ccccc54)cc3)cccc2/c1=C/CC. The Morgan fingerprint density at radius 1 is 0.794 bits per heavy atom. The summed E-state index contributed by atoms with van der Waals surface area (Å²) in [5.74, 6) is 0. The molecular formula is C31H25NOS. The zero-order valence-electron chi connectivity index (χ0n) is 19.3. The molecule has 0 atom stereocenters. The Kier molecular flexibility index (Phi) is 5.27. The maximum Gasteiger partial charge on any atom is 0.143 e. The molecule has 5 aromatic rings. The Labute approximate surface area is 203 Å². The summed E-state index contributed by atoms with van der Waals surface area (Å²) in [7, 11) is 0. The third-order valence-electron chi connectivity index (χ3n) is 6.32. The van der Waals surface area contributed by atoms with Crippen LogP contribution in [0.2, 0.25) is 0 Å². The van der Waals surface area contributed by atoms with E-state index in [4.69, 9.17) is 4.42 Å². The number of hydrogen-bond acceptors (Lipinski definition) is 3. The van der Waals surface area contributed by atoms with Crippen LogP contribution in [0.5, 0.6) is 0 Å². The number of fused-ring (bicyclic) bond motifs is 3. The van der Waals surface area contributed by atoms with Crippen molar-refractivity contribution in [2.24, 2.45) is 0 Å². The van der Waals surface area contributed by atoms with E-state index in [1.54, 1.807) is 0 Å². The van der Waals surface area contributed by atoms with Crippen LogP contribution < -0.4 is 15.5 Å². The number of anilines is 3. The van der Waals surface area contributed by atoms with Crippen molar-refractivity contribution >= 4 is 51.9 Å². The molecular weight excluding hydrogens is 434 g/mol. The van der Waals surface area contributed by atoms with E-state index < -0.39 is 0 Å². The van der Waals surface area contributed by atoms with Crippen LogP contribution >= 0.6 is 11.8 Å². The van der Waals surface area contributed by atoms with E-state index in [9.17, 15) is 0 Å². The van der Waals surface area contributed by atoms with Gasteiger partial charge in [0.25, 0.3) is 0 Å². The Morgan fingerprint density at radius 3 is 2.12 bits per heavy atom. The van der Waals surface area contributed by atoms with Crippen molar-refractivity contribution in [2.45, 2.75) is 30.1 Å². The summed E-state index contributed by atoms with van der Waals surface area (Å²) in [5, 5.41) is 2.37. The second-order valence-electron chi connectivity index (χ2n) is 8.38. The molecule has 2 nitrogen and oxygen atoms in total. The number of furan rings is 1. The second-order valence-corrected chi connectivity index (χ2v) is 9.47. The van der Waals surface area contributed by atoms with Crippen LogP contribution in [-0.4, -0.2) is 0 Å². The average Bonchev–Trinajstić information content (AvgIpc) is 3.25. The average molecular weight is 460 g/mol. The lowest BCUT2D eigenvalue weighted by molar-refractivity contribution is 0.575. The second kappa shape index (κ2) is 8.58. The Morgan fingerprint density at radius 2 is 1.47 bits per heavy atom. The predicted octanol–water partition coefficient (Wildman–Crippen LogP) is 8.03. The quantitative estimate of drug-likeness (QED) is 0.266. The van der Waals surface area contributed by atoms with Gasteiger partial charge in [0.2, 0.25) is 0 Å². The maximum absolute atomic E-state index is 6.33. The van der Waals surface area contributed by atoms with Crippen LogP contribution in [0.3, 0.4) is 0 Å². The van der Waals surface area contributed by atoms with E-state index in [0.29, 0.717) is 0 Å². The lowest BCUT2D eigenvalue weighted by Crippen LogP contribution is -2.19. The van der Waals surface area contributed by atoms with Crippen LogP contribution in [0.1, 0.15) is 20.3 Å². The van der Waals surface area contributed by atoms with Crippen molar-refractivity contribution in [3.63, 3.8) is 0 Å². The van der Waals surface area contributed by atoms with Crippen LogP contribution in [0.4, 0.5) is 17.1 Å². The van der Waals surface area contributed by atoms with Crippen LogP contribution in [-0.2, 0) is 0 Å². The Hall–Kier alpha value is -3.69. The van der Waals surface area contributed by atoms with Gasteiger partial charge in [0.1, 0.15) is 11.0 Å². The van der Waals surface area contributed by atoms with Gasteiger partial charge >= 0.3 is 0 Å². The molecule has 0 saturated heterocycles. The summed E-state index contributed by atoms with van der Waals surface area (Å²) < 4.78 is 6.33. The largest absolute Gasteiger partial charge is 0.456 e. The van der Waals surface area contributed by atoms with Crippen LogP contribution in [0, 0.1) is 0 Å². The summed E-state index contributed by atoms with van der Waals surface area (Å²) in [4.78, 5) is 4.90. The first-order valence-electron chi connectivity index (χ1n) is 11.7. The molecule has 0 fully saturated rings. The van der Waals surface area contributed by atoms with E-state index in [0.717, 1.165) is 34.2 Å². The fraction of sp³-hybridized carbons (Fsp3) is 0.0968. The van der Waals surface area contributed by atoms with Gasteiger partial charge in [0.05, 0.1) is 11.4 Å². The van der Waals surface area contributed by atoms with Gasteiger partial charge in [0.15, 0.2) is 0 Å². The van der Waals surface area contributed by atoms with E-state index in [-0.39, 0.29) is 0 Å². The third-order valence-corrected chi connectivity index (χ3v) is 7.45. The minimum atomic E-state index is 0.944. The van der Waals surface area contributed by atoms with Gasteiger partial charge in [-0.1, -0.05) is 79.4 Å². The van der Waals surface area contributed by atoms with Gasteiger partial charge in [-0.05, 0) is 61.4 Å². The summed E-state index contributed by atoms with van der Waals surface area (Å²) in [5.41, 5.74) is 7.76. The lowest BCUT2D eigenvalue weighted by Gasteiger charge is -2.32.